The SMILES string of the molecule is CN=C(NCCN1CCN(C(C)=O)CC1)N(C)CCOc1ccccc1. The lowest BCUT2D eigenvalue weighted by atomic mass is 10.3. The third kappa shape index (κ3) is 6.55. The highest BCUT2D eigenvalue weighted by atomic mass is 16.5. The molecule has 1 aliphatic heterocycles. The van der Waals surface area contributed by atoms with Gasteiger partial charge >= 0.3 is 0 Å². The number of carbonyl (C=O) groups excluding carboxylic acids is 1. The molecule has 1 N–H and O–H groups in total. The number of piperazine rings is 1. The standard InChI is InChI=1S/C19H31N5O2/c1-17(25)24-13-11-23(12-14-24)10-9-21-19(20-2)22(3)15-16-26-18-7-5-4-6-8-18/h4-8H,9-16H2,1-3H3,(H,20,21). The van der Waals surface area contributed by atoms with Crippen molar-refractivity contribution in [3.8, 4) is 5.75 Å². The molecule has 0 radical (unpaired) electrons. The number of nitrogens with zero attached hydrogens (tertiary/aromatic N) is 4. The minimum atomic E-state index is 0.169. The number of guanidine groups is 1. The van der Waals surface area contributed by atoms with Gasteiger partial charge < -0.3 is 19.9 Å². The maximum atomic E-state index is 11.4. The van der Waals surface area contributed by atoms with Crippen molar-refractivity contribution >= 4 is 11.9 Å². The Balaban J connectivity index is 1.63. The summed E-state index contributed by atoms with van der Waals surface area (Å²) in [5.41, 5.74) is 0. The van der Waals surface area contributed by atoms with Gasteiger partial charge in [0, 0.05) is 60.3 Å². The topological polar surface area (TPSA) is 60.4 Å². The highest BCUT2D eigenvalue weighted by molar-refractivity contribution is 5.79. The summed E-state index contributed by atoms with van der Waals surface area (Å²) in [6, 6.07) is 9.83. The van der Waals surface area contributed by atoms with Gasteiger partial charge in [-0.1, -0.05) is 18.2 Å². The molecule has 0 atom stereocenters. The van der Waals surface area contributed by atoms with E-state index in [9.17, 15) is 4.79 Å². The second-order valence-electron chi connectivity index (χ2n) is 6.40. The first kappa shape index (κ1) is 20.0. The monoisotopic (exact) mass is 361 g/mol. The quantitative estimate of drug-likeness (QED) is 0.573. The Morgan fingerprint density at radius 3 is 2.54 bits per heavy atom. The fourth-order valence-electron chi connectivity index (χ4n) is 2.92. The minimum absolute atomic E-state index is 0.169. The van der Waals surface area contributed by atoms with Crippen LogP contribution in [0.2, 0.25) is 0 Å². The predicted molar refractivity (Wildman–Crippen MR) is 105 cm³/mol. The van der Waals surface area contributed by atoms with Gasteiger partial charge in [-0.2, -0.15) is 0 Å². The summed E-state index contributed by atoms with van der Waals surface area (Å²) >= 11 is 0. The van der Waals surface area contributed by atoms with E-state index in [1.807, 2.05) is 42.3 Å². The first-order valence-electron chi connectivity index (χ1n) is 9.17. The normalized spacial score (nSPS) is 15.7. The predicted octanol–water partition coefficient (Wildman–Crippen LogP) is 0.737. The fourth-order valence-corrected chi connectivity index (χ4v) is 2.92. The Hall–Kier alpha value is -2.28. The van der Waals surface area contributed by atoms with E-state index in [1.54, 1.807) is 14.0 Å². The number of likely N-dealkylation sites (N-methyl/N-ethyl adjacent to an activating group) is 1. The third-order valence-corrected chi connectivity index (χ3v) is 4.54. The molecule has 1 aromatic carbocycles. The molecule has 144 valence electrons. The average molecular weight is 361 g/mol. The molecule has 7 heteroatoms. The number of rotatable bonds is 7. The summed E-state index contributed by atoms with van der Waals surface area (Å²) in [5, 5.41) is 3.40. The van der Waals surface area contributed by atoms with Crippen LogP contribution in [0.15, 0.2) is 35.3 Å². The molecule has 0 unspecified atom stereocenters. The van der Waals surface area contributed by atoms with Gasteiger partial charge in [-0.3, -0.25) is 14.7 Å². The summed E-state index contributed by atoms with van der Waals surface area (Å²) in [6.45, 7) is 8.27. The molecule has 1 aliphatic rings. The van der Waals surface area contributed by atoms with Crippen LogP contribution in [0.4, 0.5) is 0 Å². The van der Waals surface area contributed by atoms with Crippen LogP contribution >= 0.6 is 0 Å². The molecule has 0 aromatic heterocycles. The van der Waals surface area contributed by atoms with Gasteiger partial charge in [0.25, 0.3) is 0 Å². The van der Waals surface area contributed by atoms with Gasteiger partial charge in [-0.05, 0) is 12.1 Å². The van der Waals surface area contributed by atoms with Crippen molar-refractivity contribution in [1.82, 2.24) is 20.0 Å². The maximum Gasteiger partial charge on any atom is 0.219 e. The summed E-state index contributed by atoms with van der Waals surface area (Å²) in [4.78, 5) is 22.0. The first-order valence-corrected chi connectivity index (χ1v) is 9.17. The summed E-state index contributed by atoms with van der Waals surface area (Å²) in [6.07, 6.45) is 0. The molecule has 1 amide bonds. The smallest absolute Gasteiger partial charge is 0.219 e. The molecule has 1 saturated heterocycles. The lowest BCUT2D eigenvalue weighted by molar-refractivity contribution is -0.130. The van der Waals surface area contributed by atoms with E-state index in [0.717, 1.165) is 57.5 Å². The largest absolute Gasteiger partial charge is 0.492 e. The van der Waals surface area contributed by atoms with Crippen LogP contribution in [-0.2, 0) is 4.79 Å². The van der Waals surface area contributed by atoms with E-state index < -0.39 is 0 Å². The van der Waals surface area contributed by atoms with Crippen molar-refractivity contribution < 1.29 is 9.53 Å². The zero-order chi connectivity index (χ0) is 18.8. The van der Waals surface area contributed by atoms with Crippen molar-refractivity contribution in [3.05, 3.63) is 30.3 Å². The van der Waals surface area contributed by atoms with Crippen LogP contribution in [0, 0.1) is 0 Å². The second kappa shape index (κ2) is 10.7. The van der Waals surface area contributed by atoms with Crippen molar-refractivity contribution in [2.45, 2.75) is 6.92 Å². The molecule has 1 fully saturated rings. The molecule has 2 rings (SSSR count). The minimum Gasteiger partial charge on any atom is -0.492 e. The van der Waals surface area contributed by atoms with Gasteiger partial charge in [0.05, 0.1) is 6.54 Å². The number of carbonyl (C=O) groups is 1. The number of aliphatic imine (C=N–C) groups is 1. The van der Waals surface area contributed by atoms with Crippen LogP contribution < -0.4 is 10.1 Å². The van der Waals surface area contributed by atoms with Crippen LogP contribution in [0.5, 0.6) is 5.75 Å². The third-order valence-electron chi connectivity index (χ3n) is 4.54. The van der Waals surface area contributed by atoms with Gasteiger partial charge in [0.2, 0.25) is 5.91 Å². The molecular weight excluding hydrogens is 330 g/mol. The Morgan fingerprint density at radius 2 is 1.92 bits per heavy atom. The Bertz CT molecular complexity index is 571. The van der Waals surface area contributed by atoms with Crippen molar-refractivity contribution in [3.63, 3.8) is 0 Å². The number of ether oxygens (including phenoxy) is 1. The molecule has 0 saturated carbocycles. The molecule has 26 heavy (non-hydrogen) atoms. The van der Waals surface area contributed by atoms with E-state index in [-0.39, 0.29) is 5.91 Å². The van der Waals surface area contributed by atoms with Gasteiger partial charge in [-0.15, -0.1) is 0 Å². The number of para-hydroxylation sites is 1. The maximum absolute atomic E-state index is 11.4. The number of benzene rings is 1. The molecule has 1 aromatic rings. The Labute approximate surface area is 156 Å². The molecule has 1 heterocycles. The molecule has 0 bridgehead atoms. The van der Waals surface area contributed by atoms with E-state index >= 15 is 0 Å². The van der Waals surface area contributed by atoms with Crippen LogP contribution in [0.3, 0.4) is 0 Å². The van der Waals surface area contributed by atoms with Crippen LogP contribution in [-0.4, -0.2) is 93.1 Å². The van der Waals surface area contributed by atoms with E-state index in [4.69, 9.17) is 4.74 Å². The van der Waals surface area contributed by atoms with Crippen molar-refractivity contribution in [2.24, 2.45) is 4.99 Å². The first-order chi connectivity index (χ1) is 12.6. The Kier molecular flexibility index (Phi) is 8.21. The number of hydrogen-bond donors (Lipinski definition) is 1. The lowest BCUT2D eigenvalue weighted by Crippen LogP contribution is -2.50. The average Bonchev–Trinajstić information content (AvgIpc) is 2.66. The molecular formula is C19H31N5O2. The number of nitrogens with one attached hydrogen (secondary N) is 1. The van der Waals surface area contributed by atoms with E-state index in [1.165, 1.54) is 0 Å². The zero-order valence-corrected chi connectivity index (χ0v) is 16.1. The van der Waals surface area contributed by atoms with Crippen LogP contribution in [0.25, 0.3) is 0 Å². The van der Waals surface area contributed by atoms with Gasteiger partial charge in [0.1, 0.15) is 12.4 Å². The Morgan fingerprint density at radius 1 is 1.23 bits per heavy atom. The number of hydrogen-bond acceptors (Lipinski definition) is 4. The van der Waals surface area contributed by atoms with Crippen LogP contribution in [0.1, 0.15) is 6.92 Å². The highest BCUT2D eigenvalue weighted by Gasteiger charge is 2.18. The van der Waals surface area contributed by atoms with Crippen molar-refractivity contribution in [1.29, 1.82) is 0 Å². The van der Waals surface area contributed by atoms with Gasteiger partial charge in [0.15, 0.2) is 5.96 Å². The molecule has 0 spiro atoms. The summed E-state index contributed by atoms with van der Waals surface area (Å²) in [7, 11) is 3.80. The molecule has 7 nitrogen and oxygen atoms in total. The number of amides is 1. The molecule has 0 aliphatic carbocycles. The fraction of sp³-hybridized carbons (Fsp3) is 0.579. The van der Waals surface area contributed by atoms with Gasteiger partial charge in [-0.25, -0.2) is 0 Å². The highest BCUT2D eigenvalue weighted by Crippen LogP contribution is 2.07. The van der Waals surface area contributed by atoms with E-state index in [2.05, 4.69) is 20.1 Å². The summed E-state index contributed by atoms with van der Waals surface area (Å²) in [5.74, 6) is 1.92. The zero-order valence-electron chi connectivity index (χ0n) is 16.1. The summed E-state index contributed by atoms with van der Waals surface area (Å²) < 4.78 is 5.74. The lowest BCUT2D eigenvalue weighted by Gasteiger charge is -2.34. The van der Waals surface area contributed by atoms with E-state index in [0.29, 0.717) is 6.61 Å². The second-order valence-corrected chi connectivity index (χ2v) is 6.40. The van der Waals surface area contributed by atoms with Crippen molar-refractivity contribution in [2.75, 3.05) is 66.5 Å².